The predicted octanol–water partition coefficient (Wildman–Crippen LogP) is -0.391. The molecule has 0 bridgehead atoms. The summed E-state index contributed by atoms with van der Waals surface area (Å²) in [7, 11) is 0. The summed E-state index contributed by atoms with van der Waals surface area (Å²) in [6, 6.07) is 0. The Morgan fingerprint density at radius 2 is 1.00 bits per heavy atom. The molecule has 0 unspecified atom stereocenters. The van der Waals surface area contributed by atoms with Crippen LogP contribution in [0.1, 0.15) is 0 Å². The number of rotatable bonds is 0. The van der Waals surface area contributed by atoms with Crippen molar-refractivity contribution in [2.24, 2.45) is 0 Å². The second kappa shape index (κ2) is 31.2. The minimum atomic E-state index is 0. The van der Waals surface area contributed by atoms with Gasteiger partial charge in [-0.3, -0.25) is 0 Å². The molecule has 0 aromatic heterocycles. The van der Waals surface area contributed by atoms with Crippen LogP contribution in [0.25, 0.3) is 0 Å². The van der Waals surface area contributed by atoms with Gasteiger partial charge in [0, 0.05) is 86.0 Å². The third-order valence-corrected chi connectivity index (χ3v) is 0. The van der Waals surface area contributed by atoms with Crippen LogP contribution in [0.2, 0.25) is 0 Å². The van der Waals surface area contributed by atoms with E-state index in [-0.39, 0.29) is 86.0 Å². The van der Waals surface area contributed by atoms with Crippen LogP contribution in [0.15, 0.2) is 0 Å². The van der Waals surface area contributed by atoms with E-state index in [1.807, 2.05) is 0 Å². The van der Waals surface area contributed by atoms with Gasteiger partial charge in [-0.05, 0) is 0 Å². The van der Waals surface area contributed by atoms with Crippen molar-refractivity contribution in [3.63, 3.8) is 0 Å². The van der Waals surface area contributed by atoms with Crippen LogP contribution in [-0.4, -0.2) is 8.41 Å². The maximum atomic E-state index is 0. The standard InChI is InChI=1S/B.Co.Cr.Pt.Ta. The minimum Gasteiger partial charge on any atom is 0 e. The fourth-order valence-corrected chi connectivity index (χ4v) is 0. The summed E-state index contributed by atoms with van der Waals surface area (Å²) in [4.78, 5) is 0. The van der Waals surface area contributed by atoms with Gasteiger partial charge in [-0.25, -0.2) is 0 Å². The molecule has 0 aromatic carbocycles. The summed E-state index contributed by atoms with van der Waals surface area (Å²) in [5.74, 6) is 0. The molecule has 0 rings (SSSR count). The van der Waals surface area contributed by atoms with Crippen LogP contribution in [0, 0.1) is 0 Å². The molecule has 0 amide bonds. The molecule has 0 atom stereocenters. The first-order valence-corrected chi connectivity index (χ1v) is 0. The van der Waals surface area contributed by atoms with Crippen LogP contribution in [-0.2, 0) is 77.6 Å². The summed E-state index contributed by atoms with van der Waals surface area (Å²) in [5.41, 5.74) is 0. The Kier molecular flexibility index (Phi) is 313. The Morgan fingerprint density at radius 3 is 1.00 bits per heavy atom. The van der Waals surface area contributed by atoms with Crippen molar-refractivity contribution in [3.05, 3.63) is 0 Å². The fourth-order valence-electron chi connectivity index (χ4n) is 0. The zero-order valence-corrected chi connectivity index (χ0v) is 9.88. The molecule has 0 saturated heterocycles. The molecule has 0 aliphatic heterocycles. The molecule has 0 saturated carbocycles. The van der Waals surface area contributed by atoms with Gasteiger partial charge in [-0.2, -0.15) is 0 Å². The maximum Gasteiger partial charge on any atom is 0 e. The van der Waals surface area contributed by atoms with E-state index in [1.165, 1.54) is 0 Å². The first-order valence-electron chi connectivity index (χ1n) is 0. The quantitative estimate of drug-likeness (QED) is 0.400. The minimum absolute atomic E-state index is 0. The number of hydrogen-bond acceptors (Lipinski definition) is 0. The second-order valence-electron chi connectivity index (χ2n) is 0. The Balaban J connectivity index is 0. The Bertz CT molecular complexity index is 11.6. The molecule has 0 heterocycles. The van der Waals surface area contributed by atoms with E-state index in [0.717, 1.165) is 0 Å². The molecular formula is BCoCrPtTa. The van der Waals surface area contributed by atoms with Gasteiger partial charge in [0.05, 0.1) is 0 Å². The molecule has 0 nitrogen and oxygen atoms in total. The number of hydrogen-bond donors (Lipinski definition) is 0. The zero-order chi connectivity index (χ0) is 0. The monoisotopic (exact) mass is 498 g/mol. The van der Waals surface area contributed by atoms with Crippen LogP contribution >= 0.6 is 0 Å². The van der Waals surface area contributed by atoms with E-state index in [0.29, 0.717) is 0 Å². The van der Waals surface area contributed by atoms with E-state index in [2.05, 4.69) is 0 Å². The predicted molar refractivity (Wildman–Crippen MR) is 5.75 cm³/mol. The molecule has 5 radical (unpaired) electrons. The molecule has 5 heavy (non-hydrogen) atoms. The van der Waals surface area contributed by atoms with Gasteiger partial charge in [0.2, 0.25) is 0 Å². The van der Waals surface area contributed by atoms with Crippen molar-refractivity contribution in [1.29, 1.82) is 0 Å². The Labute approximate surface area is 84.9 Å². The van der Waals surface area contributed by atoms with Crippen LogP contribution in [0.4, 0.5) is 0 Å². The van der Waals surface area contributed by atoms with Gasteiger partial charge in [-0.15, -0.1) is 0 Å². The van der Waals surface area contributed by atoms with Crippen molar-refractivity contribution >= 4 is 8.41 Å². The first-order chi connectivity index (χ1) is 0. The molecular weight excluding hydrogens is 498 g/mol. The van der Waals surface area contributed by atoms with Crippen LogP contribution in [0.5, 0.6) is 0 Å². The summed E-state index contributed by atoms with van der Waals surface area (Å²) in [5, 5.41) is 0. The fraction of sp³-hybridized carbons (Fsp3) is 0. The largest absolute Gasteiger partial charge is 0 e. The van der Waals surface area contributed by atoms with Gasteiger partial charge in [0.15, 0.2) is 0 Å². The topological polar surface area (TPSA) is 0 Å². The zero-order valence-electron chi connectivity index (χ0n) is 2.08. The molecule has 0 spiro atoms. The van der Waals surface area contributed by atoms with Crippen molar-refractivity contribution in [2.45, 2.75) is 0 Å². The van der Waals surface area contributed by atoms with Gasteiger partial charge in [0.1, 0.15) is 0 Å². The van der Waals surface area contributed by atoms with Crippen LogP contribution in [0.3, 0.4) is 0 Å². The molecule has 33 valence electrons. The van der Waals surface area contributed by atoms with E-state index < -0.39 is 0 Å². The third-order valence-electron chi connectivity index (χ3n) is 0. The van der Waals surface area contributed by atoms with E-state index in [1.54, 1.807) is 0 Å². The normalized spacial score (nSPS) is 0. The third kappa shape index (κ3) is 20.9. The Morgan fingerprint density at radius 1 is 1.00 bits per heavy atom. The van der Waals surface area contributed by atoms with E-state index in [9.17, 15) is 0 Å². The van der Waals surface area contributed by atoms with Gasteiger partial charge in [0.25, 0.3) is 0 Å². The molecule has 0 N–H and O–H groups in total. The van der Waals surface area contributed by atoms with Crippen molar-refractivity contribution in [3.8, 4) is 0 Å². The molecule has 5 heteroatoms. The summed E-state index contributed by atoms with van der Waals surface area (Å²) in [6.07, 6.45) is 0. The van der Waals surface area contributed by atoms with Crippen molar-refractivity contribution < 1.29 is 77.6 Å². The first kappa shape index (κ1) is 50.1. The van der Waals surface area contributed by atoms with Crippen molar-refractivity contribution in [1.82, 2.24) is 0 Å². The SMILES string of the molecule is [B].[Co].[Cr].[Pt].[Ta]. The maximum absolute atomic E-state index is 0. The van der Waals surface area contributed by atoms with Gasteiger partial charge >= 0.3 is 0 Å². The Hall–Kier alpha value is 2.53. The van der Waals surface area contributed by atoms with E-state index >= 15 is 0 Å². The average Bonchev–Trinajstić information content (AvgIpc) is 0. The smallest absolute Gasteiger partial charge is 0 e. The van der Waals surface area contributed by atoms with E-state index in [4.69, 9.17) is 0 Å². The second-order valence-corrected chi connectivity index (χ2v) is 0. The summed E-state index contributed by atoms with van der Waals surface area (Å²) < 4.78 is 0. The van der Waals surface area contributed by atoms with Gasteiger partial charge < -0.3 is 0 Å². The summed E-state index contributed by atoms with van der Waals surface area (Å²) >= 11 is 0. The van der Waals surface area contributed by atoms with Crippen LogP contribution < -0.4 is 0 Å². The average molecular weight is 498 g/mol. The molecule has 0 aromatic rings. The van der Waals surface area contributed by atoms with Crippen molar-refractivity contribution in [2.75, 3.05) is 0 Å². The van der Waals surface area contributed by atoms with Gasteiger partial charge in [-0.1, -0.05) is 0 Å². The summed E-state index contributed by atoms with van der Waals surface area (Å²) in [6.45, 7) is 0. The molecule has 0 aliphatic rings. The molecule has 0 aliphatic carbocycles. The molecule has 0 fully saturated rings.